The number of aryl methyl sites for hydroxylation is 1. The Labute approximate surface area is 174 Å². The van der Waals surface area contributed by atoms with Crippen molar-refractivity contribution in [1.29, 1.82) is 0 Å². The molecule has 0 radical (unpaired) electrons. The van der Waals surface area contributed by atoms with Crippen LogP contribution >= 0.6 is 28.4 Å². The second kappa shape index (κ2) is 8.65. The van der Waals surface area contributed by atoms with Gasteiger partial charge in [0.1, 0.15) is 6.20 Å². The van der Waals surface area contributed by atoms with Crippen molar-refractivity contribution in [1.82, 2.24) is 19.1 Å². The summed E-state index contributed by atoms with van der Waals surface area (Å²) in [7, 11) is 0. The van der Waals surface area contributed by atoms with E-state index in [1.165, 1.54) is 6.20 Å². The van der Waals surface area contributed by atoms with Crippen molar-refractivity contribution in [3.05, 3.63) is 40.3 Å². The summed E-state index contributed by atoms with van der Waals surface area (Å²) in [5, 5.41) is 16.8. The summed E-state index contributed by atoms with van der Waals surface area (Å²) in [6.07, 6.45) is 5.66. The van der Waals surface area contributed by atoms with Gasteiger partial charge < -0.3 is 4.57 Å². The van der Waals surface area contributed by atoms with E-state index in [1.807, 2.05) is 19.9 Å². The van der Waals surface area contributed by atoms with Crippen molar-refractivity contribution in [3.63, 3.8) is 0 Å². The Balaban J connectivity index is 0.00000126. The summed E-state index contributed by atoms with van der Waals surface area (Å²) < 4.78 is 3.78. The first-order chi connectivity index (χ1) is 12.7. The van der Waals surface area contributed by atoms with Crippen molar-refractivity contribution < 1.29 is 4.92 Å². The van der Waals surface area contributed by atoms with Gasteiger partial charge in [0.2, 0.25) is 0 Å². The lowest BCUT2D eigenvalue weighted by Crippen LogP contribution is -2.14. The monoisotopic (exact) mass is 501 g/mol. The summed E-state index contributed by atoms with van der Waals surface area (Å²) in [6, 6.07) is 1.91. The highest BCUT2D eigenvalue weighted by Crippen LogP contribution is 2.34. The van der Waals surface area contributed by atoms with Gasteiger partial charge in [0.25, 0.3) is 0 Å². The van der Waals surface area contributed by atoms with E-state index in [0.717, 1.165) is 23.0 Å². The number of halogens is 1. The molecule has 3 aromatic heterocycles. The predicted octanol–water partition coefficient (Wildman–Crippen LogP) is 5.98. The van der Waals surface area contributed by atoms with Gasteiger partial charge in [0, 0.05) is 24.3 Å². The Bertz CT molecular complexity index is 959. The van der Waals surface area contributed by atoms with Gasteiger partial charge in [-0.05, 0) is 46.0 Å². The van der Waals surface area contributed by atoms with Crippen molar-refractivity contribution in [2.75, 3.05) is 0 Å². The van der Waals surface area contributed by atoms with E-state index in [4.69, 9.17) is 0 Å². The molecule has 146 valence electrons. The molecule has 0 saturated carbocycles. The molecule has 0 bridgehead atoms. The summed E-state index contributed by atoms with van der Waals surface area (Å²) in [5.74, 6) is 0. The lowest BCUT2D eigenvalue weighted by atomic mass is 9.97. The van der Waals surface area contributed by atoms with E-state index in [1.54, 1.807) is 10.6 Å². The molecule has 0 spiro atoms. The van der Waals surface area contributed by atoms with Crippen LogP contribution < -0.4 is 0 Å². The molecule has 0 saturated heterocycles. The molecule has 3 rings (SSSR count). The van der Waals surface area contributed by atoms with E-state index < -0.39 is 4.92 Å². The lowest BCUT2D eigenvalue weighted by Gasteiger charge is -2.19. The number of fused-ring (bicyclic) bond motifs is 1. The van der Waals surface area contributed by atoms with Gasteiger partial charge in [-0.3, -0.25) is 15.1 Å². The number of hydrogen-bond acceptors (Lipinski definition) is 4. The van der Waals surface area contributed by atoms with E-state index in [9.17, 15) is 10.1 Å². The molecular weight excluding hydrogens is 476 g/mol. The SMILES string of the molecule is CC.Cc1cn(CC(C)(C)C)c2cc(-c3nn(PI)cc3[N+](=O)[O-])ncc12. The van der Waals surface area contributed by atoms with Crippen LogP contribution in [0, 0.1) is 22.5 Å². The highest BCUT2D eigenvalue weighted by Gasteiger charge is 2.23. The smallest absolute Gasteiger partial charge is 0.316 e. The largest absolute Gasteiger partial charge is 0.347 e. The second-order valence-electron chi connectivity index (χ2n) is 7.24. The maximum Gasteiger partial charge on any atom is 0.316 e. The third-order valence-corrected chi connectivity index (χ3v) is 5.72. The molecule has 0 aromatic carbocycles. The minimum atomic E-state index is -0.402. The fourth-order valence-corrected chi connectivity index (χ4v) is 3.90. The number of nitrogens with zero attached hydrogens (tertiary/aromatic N) is 5. The van der Waals surface area contributed by atoms with Crippen LogP contribution in [-0.2, 0) is 6.54 Å². The van der Waals surface area contributed by atoms with Crippen LogP contribution in [0.4, 0.5) is 5.69 Å². The van der Waals surface area contributed by atoms with Gasteiger partial charge in [-0.25, -0.2) is 4.45 Å². The van der Waals surface area contributed by atoms with Gasteiger partial charge in [0.15, 0.2) is 5.69 Å². The standard InChI is InChI=1S/C16H19IN5O2P.C2H6/c1-10-7-20(9-16(2,3)4)13-5-12(18-6-11(10)13)15-14(22(23)24)8-21(19-15)25-17;1-2/h5-8,25H,9H2,1-4H3;1-2H3. The van der Waals surface area contributed by atoms with Crippen LogP contribution in [-0.4, -0.2) is 24.0 Å². The van der Waals surface area contributed by atoms with Crippen molar-refractivity contribution >= 4 is 45.0 Å². The second-order valence-corrected chi connectivity index (χ2v) is 9.31. The minimum absolute atomic E-state index is 0.0123. The van der Waals surface area contributed by atoms with Crippen molar-refractivity contribution in [2.24, 2.45) is 5.41 Å². The average molecular weight is 501 g/mol. The van der Waals surface area contributed by atoms with Crippen LogP contribution in [0.15, 0.2) is 24.7 Å². The zero-order chi connectivity index (χ0) is 20.4. The summed E-state index contributed by atoms with van der Waals surface area (Å²) in [4.78, 5) is 15.4. The molecule has 1 unspecified atom stereocenters. The maximum absolute atomic E-state index is 11.4. The van der Waals surface area contributed by atoms with Gasteiger partial charge in [-0.2, -0.15) is 5.10 Å². The number of aromatic nitrogens is 4. The molecule has 7 nitrogen and oxygen atoms in total. The van der Waals surface area contributed by atoms with E-state index in [0.29, 0.717) is 17.8 Å². The normalized spacial score (nSPS) is 11.8. The molecule has 3 heterocycles. The van der Waals surface area contributed by atoms with E-state index in [2.05, 4.69) is 70.6 Å². The first-order valence-electron chi connectivity index (χ1n) is 8.76. The average Bonchev–Trinajstić information content (AvgIpc) is 3.17. The number of rotatable bonds is 4. The van der Waals surface area contributed by atoms with E-state index >= 15 is 0 Å². The van der Waals surface area contributed by atoms with Crippen LogP contribution in [0.2, 0.25) is 0 Å². The Kier molecular flexibility index (Phi) is 6.97. The third-order valence-electron chi connectivity index (χ3n) is 3.83. The summed E-state index contributed by atoms with van der Waals surface area (Å²) >= 11 is 2.14. The Morgan fingerprint density at radius 3 is 2.52 bits per heavy atom. The van der Waals surface area contributed by atoms with Gasteiger partial charge >= 0.3 is 5.69 Å². The van der Waals surface area contributed by atoms with Crippen molar-refractivity contribution in [3.8, 4) is 11.4 Å². The number of pyridine rings is 1. The Morgan fingerprint density at radius 2 is 1.96 bits per heavy atom. The van der Waals surface area contributed by atoms with Crippen LogP contribution in [0.3, 0.4) is 0 Å². The molecule has 0 amide bonds. The Morgan fingerprint density at radius 1 is 1.30 bits per heavy atom. The quantitative estimate of drug-likeness (QED) is 0.191. The molecule has 9 heteroatoms. The molecule has 0 aliphatic heterocycles. The van der Waals surface area contributed by atoms with Crippen molar-refractivity contribution in [2.45, 2.75) is 48.1 Å². The first-order valence-corrected chi connectivity index (χ1v) is 12.8. The summed E-state index contributed by atoms with van der Waals surface area (Å²) in [6.45, 7) is 13.5. The maximum atomic E-state index is 11.4. The first kappa shape index (κ1) is 21.8. The van der Waals surface area contributed by atoms with E-state index in [-0.39, 0.29) is 11.1 Å². The number of nitro groups is 1. The van der Waals surface area contributed by atoms with Crippen LogP contribution in [0.1, 0.15) is 40.2 Å². The fourth-order valence-electron chi connectivity index (χ4n) is 2.85. The molecular formula is C18H25IN5O2P. The van der Waals surface area contributed by atoms with Crippen LogP contribution in [0.25, 0.3) is 22.3 Å². The van der Waals surface area contributed by atoms with Gasteiger partial charge in [0.05, 0.1) is 22.5 Å². The molecule has 3 aromatic rings. The molecule has 0 N–H and O–H groups in total. The van der Waals surface area contributed by atoms with Gasteiger partial charge in [-0.1, -0.05) is 34.6 Å². The van der Waals surface area contributed by atoms with Crippen LogP contribution in [0.5, 0.6) is 0 Å². The molecule has 0 aliphatic carbocycles. The topological polar surface area (TPSA) is 78.8 Å². The molecule has 0 aliphatic rings. The molecule has 27 heavy (non-hydrogen) atoms. The molecule has 0 fully saturated rings. The fraction of sp³-hybridized carbons (Fsp3) is 0.444. The third kappa shape index (κ3) is 4.85. The highest BCUT2D eigenvalue weighted by molar-refractivity contribution is 14.2. The minimum Gasteiger partial charge on any atom is -0.347 e. The zero-order valence-electron chi connectivity index (χ0n) is 16.4. The molecule has 1 atom stereocenters. The Hall–Kier alpha value is -1.54. The number of hydrogen-bond donors (Lipinski definition) is 0. The lowest BCUT2D eigenvalue weighted by molar-refractivity contribution is -0.384. The van der Waals surface area contributed by atoms with Gasteiger partial charge in [-0.15, -0.1) is 0 Å². The summed E-state index contributed by atoms with van der Waals surface area (Å²) in [5.41, 5.74) is 3.13. The zero-order valence-corrected chi connectivity index (χ0v) is 19.6. The highest BCUT2D eigenvalue weighted by atomic mass is 127. The predicted molar refractivity (Wildman–Crippen MR) is 121 cm³/mol.